The molecule has 0 aliphatic carbocycles. The highest BCUT2D eigenvalue weighted by atomic mass is 79.9. The van der Waals surface area contributed by atoms with Gasteiger partial charge in [-0.25, -0.2) is 4.68 Å². The van der Waals surface area contributed by atoms with Gasteiger partial charge in [0.25, 0.3) is 0 Å². The van der Waals surface area contributed by atoms with Crippen LogP contribution in [0.3, 0.4) is 0 Å². The third-order valence-corrected chi connectivity index (χ3v) is 3.78. The Morgan fingerprint density at radius 1 is 1.26 bits per heavy atom. The fraction of sp³-hybridized carbons (Fsp3) is 0.533. The number of nitrogens with one attached hydrogen (secondary N) is 1. The lowest BCUT2D eigenvalue weighted by Crippen LogP contribution is -2.10. The molecule has 0 spiro atoms. The molecule has 0 aliphatic rings. The zero-order valence-electron chi connectivity index (χ0n) is 13.8. The van der Waals surface area contributed by atoms with E-state index in [0.29, 0.717) is 25.6 Å². The second-order valence-corrected chi connectivity index (χ2v) is 6.02. The van der Waals surface area contributed by atoms with Crippen molar-refractivity contribution in [3.63, 3.8) is 0 Å². The van der Waals surface area contributed by atoms with E-state index in [4.69, 9.17) is 9.47 Å². The molecule has 126 valence electrons. The average molecular weight is 384 g/mol. The molecule has 0 saturated heterocycles. The molecule has 0 bridgehead atoms. The second kappa shape index (κ2) is 8.14. The number of rotatable bonds is 8. The van der Waals surface area contributed by atoms with E-state index in [1.807, 2.05) is 39.8 Å². The second-order valence-electron chi connectivity index (χ2n) is 5.16. The summed E-state index contributed by atoms with van der Waals surface area (Å²) in [5.74, 6) is 2.10. The van der Waals surface area contributed by atoms with E-state index >= 15 is 0 Å². The molecular weight excluding hydrogens is 362 g/mol. The van der Waals surface area contributed by atoms with Gasteiger partial charge in [0.15, 0.2) is 11.5 Å². The molecule has 0 fully saturated rings. The molecule has 0 aliphatic heterocycles. The maximum Gasteiger partial charge on any atom is 0.243 e. The number of tetrazole rings is 1. The Kier molecular flexibility index (Phi) is 6.20. The molecular formula is C15H22BrN5O2. The molecule has 1 heterocycles. The van der Waals surface area contributed by atoms with E-state index in [0.717, 1.165) is 21.5 Å². The van der Waals surface area contributed by atoms with Crippen molar-refractivity contribution < 1.29 is 9.47 Å². The first-order chi connectivity index (χ1) is 11.0. The number of hydrogen-bond acceptors (Lipinski definition) is 6. The minimum atomic E-state index is 0.0826. The Morgan fingerprint density at radius 2 is 2.04 bits per heavy atom. The van der Waals surface area contributed by atoms with Crippen LogP contribution in [-0.4, -0.2) is 32.9 Å². The number of ether oxygens (including phenoxy) is 2. The lowest BCUT2D eigenvalue weighted by molar-refractivity contribution is 0.223. The zero-order valence-corrected chi connectivity index (χ0v) is 15.4. The summed E-state index contributed by atoms with van der Waals surface area (Å²) in [7, 11) is 0. The van der Waals surface area contributed by atoms with Crippen LogP contribution in [0.25, 0.3) is 0 Å². The van der Waals surface area contributed by atoms with E-state index in [2.05, 4.69) is 36.8 Å². The molecule has 0 amide bonds. The van der Waals surface area contributed by atoms with Crippen molar-refractivity contribution in [3.8, 4) is 11.5 Å². The maximum atomic E-state index is 5.81. The molecule has 1 aromatic heterocycles. The quantitative estimate of drug-likeness (QED) is 0.753. The summed E-state index contributed by atoms with van der Waals surface area (Å²) < 4.78 is 14.2. The molecule has 0 radical (unpaired) electrons. The van der Waals surface area contributed by atoms with Gasteiger partial charge < -0.3 is 14.8 Å². The predicted octanol–water partition coefficient (Wildman–Crippen LogP) is 3.25. The third-order valence-electron chi connectivity index (χ3n) is 3.04. The minimum absolute atomic E-state index is 0.0826. The Bertz CT molecular complexity index is 645. The van der Waals surface area contributed by atoms with Crippen LogP contribution in [0.15, 0.2) is 16.6 Å². The summed E-state index contributed by atoms with van der Waals surface area (Å²) in [5.41, 5.74) is 1.04. The van der Waals surface area contributed by atoms with Crippen molar-refractivity contribution in [2.24, 2.45) is 0 Å². The molecule has 0 atom stereocenters. The van der Waals surface area contributed by atoms with Gasteiger partial charge in [0.1, 0.15) is 0 Å². The standard InChI is InChI=1S/C15H22BrN5O2/c1-5-21-15(18-19-20-21)17-9-11-7-13(22-6-2)14(8-12(11)16)23-10(3)4/h7-8,10H,5-6,9H2,1-4H3,(H,17,18,20). The Balaban J connectivity index is 2.19. The van der Waals surface area contributed by atoms with E-state index in [1.165, 1.54) is 0 Å². The molecule has 2 rings (SSSR count). The van der Waals surface area contributed by atoms with Crippen molar-refractivity contribution in [2.75, 3.05) is 11.9 Å². The molecule has 1 N–H and O–H groups in total. The monoisotopic (exact) mass is 383 g/mol. The van der Waals surface area contributed by atoms with Crippen LogP contribution < -0.4 is 14.8 Å². The number of anilines is 1. The van der Waals surface area contributed by atoms with E-state index < -0.39 is 0 Å². The van der Waals surface area contributed by atoms with Crippen LogP contribution in [0.5, 0.6) is 11.5 Å². The number of hydrogen-bond donors (Lipinski definition) is 1. The number of aromatic nitrogens is 4. The minimum Gasteiger partial charge on any atom is -0.490 e. The number of benzene rings is 1. The Labute approximate surface area is 144 Å². The summed E-state index contributed by atoms with van der Waals surface area (Å²) in [5, 5.41) is 14.8. The first kappa shape index (κ1) is 17.5. The Morgan fingerprint density at radius 3 is 2.70 bits per heavy atom. The Hall–Kier alpha value is -1.83. The molecule has 2 aromatic rings. The van der Waals surface area contributed by atoms with Crippen LogP contribution in [0.1, 0.15) is 33.3 Å². The highest BCUT2D eigenvalue weighted by Gasteiger charge is 2.13. The van der Waals surface area contributed by atoms with Crippen LogP contribution >= 0.6 is 15.9 Å². The SMILES string of the molecule is CCOc1cc(CNc2nnnn2CC)c(Br)cc1OC(C)C. The average Bonchev–Trinajstić information content (AvgIpc) is 2.95. The summed E-state index contributed by atoms with van der Waals surface area (Å²) >= 11 is 3.59. The van der Waals surface area contributed by atoms with Gasteiger partial charge in [-0.15, -0.1) is 0 Å². The summed E-state index contributed by atoms with van der Waals surface area (Å²) in [4.78, 5) is 0. The van der Waals surface area contributed by atoms with Gasteiger partial charge in [0.05, 0.1) is 12.7 Å². The van der Waals surface area contributed by atoms with Gasteiger partial charge in [-0.3, -0.25) is 0 Å². The van der Waals surface area contributed by atoms with E-state index in [9.17, 15) is 0 Å². The van der Waals surface area contributed by atoms with Crippen LogP contribution in [0, 0.1) is 0 Å². The van der Waals surface area contributed by atoms with Gasteiger partial charge in [-0.2, -0.15) is 0 Å². The van der Waals surface area contributed by atoms with Gasteiger partial charge >= 0.3 is 0 Å². The lowest BCUT2D eigenvalue weighted by Gasteiger charge is -2.17. The zero-order chi connectivity index (χ0) is 16.8. The molecule has 7 nitrogen and oxygen atoms in total. The first-order valence-electron chi connectivity index (χ1n) is 7.67. The molecule has 8 heteroatoms. The van der Waals surface area contributed by atoms with Gasteiger partial charge in [0, 0.05) is 17.6 Å². The number of halogens is 1. The first-order valence-corrected chi connectivity index (χ1v) is 8.46. The number of nitrogens with zero attached hydrogens (tertiary/aromatic N) is 4. The third kappa shape index (κ3) is 4.57. The van der Waals surface area contributed by atoms with E-state index in [1.54, 1.807) is 4.68 Å². The maximum absolute atomic E-state index is 5.81. The molecule has 1 aromatic carbocycles. The highest BCUT2D eigenvalue weighted by molar-refractivity contribution is 9.10. The topological polar surface area (TPSA) is 74.1 Å². The molecule has 23 heavy (non-hydrogen) atoms. The summed E-state index contributed by atoms with van der Waals surface area (Å²) in [6.07, 6.45) is 0.0826. The van der Waals surface area contributed by atoms with Crippen molar-refractivity contribution in [2.45, 2.75) is 46.9 Å². The van der Waals surface area contributed by atoms with Gasteiger partial charge in [0.2, 0.25) is 5.95 Å². The van der Waals surface area contributed by atoms with Gasteiger partial charge in [-0.05, 0) is 55.8 Å². The fourth-order valence-corrected chi connectivity index (χ4v) is 2.51. The smallest absolute Gasteiger partial charge is 0.243 e. The highest BCUT2D eigenvalue weighted by Crippen LogP contribution is 2.34. The molecule has 0 unspecified atom stereocenters. The largest absolute Gasteiger partial charge is 0.490 e. The lowest BCUT2D eigenvalue weighted by atomic mass is 10.2. The summed E-state index contributed by atoms with van der Waals surface area (Å²) in [6, 6.07) is 3.91. The van der Waals surface area contributed by atoms with Crippen molar-refractivity contribution in [1.29, 1.82) is 0 Å². The van der Waals surface area contributed by atoms with Crippen molar-refractivity contribution in [1.82, 2.24) is 20.2 Å². The van der Waals surface area contributed by atoms with Gasteiger partial charge in [-0.1, -0.05) is 21.0 Å². The van der Waals surface area contributed by atoms with Crippen molar-refractivity contribution >= 4 is 21.9 Å². The van der Waals surface area contributed by atoms with Crippen LogP contribution in [0.4, 0.5) is 5.95 Å². The summed E-state index contributed by atoms with van der Waals surface area (Å²) in [6.45, 7) is 9.78. The normalized spacial score (nSPS) is 10.9. The fourth-order valence-electron chi connectivity index (χ4n) is 2.05. The van der Waals surface area contributed by atoms with Crippen LogP contribution in [0.2, 0.25) is 0 Å². The van der Waals surface area contributed by atoms with Crippen molar-refractivity contribution in [3.05, 3.63) is 22.2 Å². The number of aryl methyl sites for hydroxylation is 1. The van der Waals surface area contributed by atoms with Crippen LogP contribution in [-0.2, 0) is 13.1 Å². The predicted molar refractivity (Wildman–Crippen MR) is 91.9 cm³/mol. The van der Waals surface area contributed by atoms with E-state index in [-0.39, 0.29) is 6.10 Å². The molecule has 0 saturated carbocycles.